The molecule has 0 saturated carbocycles. The van der Waals surface area contributed by atoms with Gasteiger partial charge in [0.25, 0.3) is 0 Å². The highest BCUT2D eigenvalue weighted by Crippen LogP contribution is 2.65. The third-order valence-corrected chi connectivity index (χ3v) is 6.78. The zero-order valence-electron chi connectivity index (χ0n) is 16.1. The molecule has 0 radical (unpaired) electrons. The lowest BCUT2D eigenvalue weighted by atomic mass is 9.60. The molecule has 6 rings (SSSR count). The fraction of sp³-hybridized carbons (Fsp3) is 0.217. The molecule has 3 aromatic rings. The minimum atomic E-state index is -0.320. The van der Waals surface area contributed by atoms with Gasteiger partial charge in [0.2, 0.25) is 0 Å². The molecule has 0 fully saturated rings. The second-order valence-corrected chi connectivity index (χ2v) is 7.96. The highest BCUT2D eigenvalue weighted by atomic mass is 79.9. The van der Waals surface area contributed by atoms with Crippen LogP contribution < -0.4 is 14.2 Å². The topological polar surface area (TPSA) is 68.2 Å². The SMILES string of the molecule is COc1ccc(OC)c2c1C1c3ccccc3C2c2c(O)c(OC)c(Br)c(O)c21. The number of hydrogen-bond donors (Lipinski definition) is 2. The number of phenols is 2. The van der Waals surface area contributed by atoms with Gasteiger partial charge in [-0.15, -0.1) is 0 Å². The van der Waals surface area contributed by atoms with Gasteiger partial charge in [-0.25, -0.2) is 0 Å². The molecule has 0 aromatic heterocycles. The summed E-state index contributed by atoms with van der Waals surface area (Å²) in [7, 11) is 4.74. The summed E-state index contributed by atoms with van der Waals surface area (Å²) in [4.78, 5) is 0. The van der Waals surface area contributed by atoms with Crippen molar-refractivity contribution in [3.63, 3.8) is 0 Å². The van der Waals surface area contributed by atoms with Crippen molar-refractivity contribution in [1.29, 1.82) is 0 Å². The first-order valence-corrected chi connectivity index (χ1v) is 9.99. The normalized spacial score (nSPS) is 17.9. The van der Waals surface area contributed by atoms with Crippen molar-refractivity contribution in [2.24, 2.45) is 0 Å². The maximum absolute atomic E-state index is 11.2. The number of phenolic OH excluding ortho intramolecular Hbond substituents is 2. The van der Waals surface area contributed by atoms with Crippen LogP contribution in [0.5, 0.6) is 28.7 Å². The van der Waals surface area contributed by atoms with Gasteiger partial charge in [0, 0.05) is 34.1 Å². The van der Waals surface area contributed by atoms with Gasteiger partial charge < -0.3 is 24.4 Å². The zero-order chi connectivity index (χ0) is 20.4. The number of hydrogen-bond acceptors (Lipinski definition) is 5. The van der Waals surface area contributed by atoms with Gasteiger partial charge in [0.1, 0.15) is 21.7 Å². The van der Waals surface area contributed by atoms with E-state index in [1.807, 2.05) is 24.3 Å². The number of halogens is 1. The average molecular weight is 455 g/mol. The van der Waals surface area contributed by atoms with Gasteiger partial charge in [-0.1, -0.05) is 24.3 Å². The summed E-state index contributed by atoms with van der Waals surface area (Å²) in [6.07, 6.45) is 0. The van der Waals surface area contributed by atoms with Crippen molar-refractivity contribution in [1.82, 2.24) is 0 Å². The lowest BCUT2D eigenvalue weighted by molar-refractivity contribution is 0.355. The van der Waals surface area contributed by atoms with Crippen LogP contribution in [0.2, 0.25) is 0 Å². The van der Waals surface area contributed by atoms with E-state index in [1.54, 1.807) is 14.2 Å². The van der Waals surface area contributed by atoms with Gasteiger partial charge in [-0.3, -0.25) is 0 Å². The molecule has 3 aliphatic carbocycles. The Bertz CT molecular complexity index is 1170. The molecule has 3 aromatic carbocycles. The van der Waals surface area contributed by atoms with E-state index < -0.39 is 0 Å². The van der Waals surface area contributed by atoms with Crippen LogP contribution in [0.1, 0.15) is 45.2 Å². The monoisotopic (exact) mass is 454 g/mol. The Hall–Kier alpha value is -2.86. The molecule has 29 heavy (non-hydrogen) atoms. The van der Waals surface area contributed by atoms with Crippen LogP contribution in [-0.2, 0) is 0 Å². The predicted molar refractivity (Wildman–Crippen MR) is 112 cm³/mol. The number of benzene rings is 3. The van der Waals surface area contributed by atoms with Gasteiger partial charge >= 0.3 is 0 Å². The largest absolute Gasteiger partial charge is 0.506 e. The van der Waals surface area contributed by atoms with Gasteiger partial charge in [0.15, 0.2) is 11.5 Å². The molecule has 5 nitrogen and oxygen atoms in total. The molecule has 0 heterocycles. The van der Waals surface area contributed by atoms with Crippen molar-refractivity contribution in [2.75, 3.05) is 21.3 Å². The zero-order valence-corrected chi connectivity index (χ0v) is 17.7. The van der Waals surface area contributed by atoms with E-state index in [4.69, 9.17) is 14.2 Å². The highest BCUT2D eigenvalue weighted by Gasteiger charge is 2.48. The van der Waals surface area contributed by atoms with Crippen molar-refractivity contribution in [3.8, 4) is 28.7 Å². The Morgan fingerprint density at radius 3 is 1.62 bits per heavy atom. The minimum absolute atomic E-state index is 0.0206. The summed E-state index contributed by atoms with van der Waals surface area (Å²) in [5, 5.41) is 22.3. The van der Waals surface area contributed by atoms with E-state index in [-0.39, 0.29) is 29.1 Å². The molecule has 0 saturated heterocycles. The molecule has 0 amide bonds. The van der Waals surface area contributed by atoms with E-state index in [1.165, 1.54) is 7.11 Å². The molecule has 2 atom stereocenters. The molecule has 6 heteroatoms. The molecule has 3 aliphatic rings. The minimum Gasteiger partial charge on any atom is -0.506 e. The molecular weight excluding hydrogens is 436 g/mol. The lowest BCUT2D eigenvalue weighted by Crippen LogP contribution is -2.29. The van der Waals surface area contributed by atoms with Crippen LogP contribution in [0.4, 0.5) is 0 Å². The fourth-order valence-corrected chi connectivity index (χ4v) is 5.54. The Labute approximate surface area is 176 Å². The predicted octanol–water partition coefficient (Wildman–Crippen LogP) is 4.87. The first kappa shape index (κ1) is 18.2. The molecular formula is C23H19BrO5. The van der Waals surface area contributed by atoms with Gasteiger partial charge in [0.05, 0.1) is 21.3 Å². The Kier molecular flexibility index (Phi) is 3.96. The van der Waals surface area contributed by atoms with E-state index >= 15 is 0 Å². The molecule has 0 aliphatic heterocycles. The standard InChI is InChI=1S/C23H19BrO5/c1-27-12-8-9-13(28-2)17-15-11-7-5-4-6-10(11)14(16(12)17)18-19(15)22(26)23(29-3)20(24)21(18)25/h4-9,14-15,25-26H,1-3H3. The fourth-order valence-electron chi connectivity index (χ4n) is 4.97. The summed E-state index contributed by atoms with van der Waals surface area (Å²) in [6, 6.07) is 11.9. The van der Waals surface area contributed by atoms with Crippen LogP contribution in [0, 0.1) is 0 Å². The number of methoxy groups -OCH3 is 3. The van der Waals surface area contributed by atoms with Crippen LogP contribution >= 0.6 is 15.9 Å². The third-order valence-electron chi connectivity index (χ3n) is 6.05. The van der Waals surface area contributed by atoms with Crippen LogP contribution in [-0.4, -0.2) is 31.5 Å². The average Bonchev–Trinajstić information content (AvgIpc) is 2.76. The maximum Gasteiger partial charge on any atom is 0.178 e. The van der Waals surface area contributed by atoms with E-state index in [0.29, 0.717) is 15.6 Å². The second-order valence-electron chi connectivity index (χ2n) is 7.16. The van der Waals surface area contributed by atoms with Crippen LogP contribution in [0.25, 0.3) is 0 Å². The molecule has 148 valence electrons. The number of aromatic hydroxyl groups is 2. The summed E-state index contributed by atoms with van der Waals surface area (Å²) < 4.78 is 17.1. The van der Waals surface area contributed by atoms with Crippen molar-refractivity contribution in [2.45, 2.75) is 11.8 Å². The quantitative estimate of drug-likeness (QED) is 0.380. The second kappa shape index (κ2) is 6.32. The number of rotatable bonds is 3. The third kappa shape index (κ3) is 2.15. The first-order valence-electron chi connectivity index (χ1n) is 9.19. The van der Waals surface area contributed by atoms with Crippen molar-refractivity contribution < 1.29 is 24.4 Å². The Morgan fingerprint density at radius 1 is 0.690 bits per heavy atom. The van der Waals surface area contributed by atoms with Crippen molar-refractivity contribution in [3.05, 3.63) is 74.3 Å². The van der Waals surface area contributed by atoms with Gasteiger partial charge in [-0.2, -0.15) is 0 Å². The summed E-state index contributed by atoms with van der Waals surface area (Å²) in [5.41, 5.74) is 5.36. The first-order chi connectivity index (χ1) is 14.0. The van der Waals surface area contributed by atoms with E-state index in [2.05, 4.69) is 28.1 Å². The molecule has 0 spiro atoms. The van der Waals surface area contributed by atoms with E-state index in [9.17, 15) is 10.2 Å². The summed E-state index contributed by atoms with van der Waals surface area (Å²) >= 11 is 3.39. The highest BCUT2D eigenvalue weighted by molar-refractivity contribution is 9.10. The van der Waals surface area contributed by atoms with Gasteiger partial charge in [-0.05, 0) is 39.2 Å². The lowest BCUT2D eigenvalue weighted by Gasteiger charge is -2.43. The Morgan fingerprint density at radius 2 is 1.17 bits per heavy atom. The van der Waals surface area contributed by atoms with Crippen molar-refractivity contribution >= 4 is 15.9 Å². The van der Waals surface area contributed by atoms with E-state index in [0.717, 1.165) is 33.8 Å². The molecule has 2 N–H and O–H groups in total. The smallest absolute Gasteiger partial charge is 0.178 e. The Balaban J connectivity index is 1.98. The number of ether oxygens (including phenoxy) is 3. The molecule has 2 bridgehead atoms. The summed E-state index contributed by atoms with van der Waals surface area (Å²) in [5.74, 6) is 1.12. The van der Waals surface area contributed by atoms with Crippen LogP contribution in [0.3, 0.4) is 0 Å². The van der Waals surface area contributed by atoms with Crippen LogP contribution in [0.15, 0.2) is 40.9 Å². The summed E-state index contributed by atoms with van der Waals surface area (Å²) in [6.45, 7) is 0. The maximum atomic E-state index is 11.2. The molecule has 2 unspecified atom stereocenters.